The summed E-state index contributed by atoms with van der Waals surface area (Å²) in [5, 5.41) is 13.2. The molecule has 190 valence electrons. The predicted octanol–water partition coefficient (Wildman–Crippen LogP) is 4.96. The fourth-order valence-electron chi connectivity index (χ4n) is 3.63. The summed E-state index contributed by atoms with van der Waals surface area (Å²) >= 11 is 1.94. The van der Waals surface area contributed by atoms with Gasteiger partial charge in [0.25, 0.3) is 0 Å². The van der Waals surface area contributed by atoms with E-state index >= 15 is 0 Å². The highest BCUT2D eigenvalue weighted by molar-refractivity contribution is 14.1. The Labute approximate surface area is 221 Å². The zero-order chi connectivity index (χ0) is 26.3. The van der Waals surface area contributed by atoms with E-state index in [1.807, 2.05) is 73.7 Å². The standard InChI is InChI=1S/C27H36IN3O4/c1-8-21(12-17(5)25(33)18(6)28)26-30-22-13-20(10-11-23(22)31(26)9-2)14-29-24(19(7)32)27(34)35-15-16(3)4/h8,10-13,16,19,24,29,32H,6,9,14-15H2,1-5,7H3/b17-12-,21-8+/t19-,24+/m1/s1. The minimum atomic E-state index is -0.891. The molecule has 0 amide bonds. The number of aliphatic hydroxyl groups excluding tert-OH is 1. The first-order valence-electron chi connectivity index (χ1n) is 11.8. The number of rotatable bonds is 12. The normalized spacial score (nSPS) is 14.3. The van der Waals surface area contributed by atoms with Crippen molar-refractivity contribution in [3.05, 3.63) is 57.5 Å². The molecule has 0 bridgehead atoms. The van der Waals surface area contributed by atoms with Crippen LogP contribution in [-0.2, 0) is 27.4 Å². The summed E-state index contributed by atoms with van der Waals surface area (Å²) in [7, 11) is 0. The largest absolute Gasteiger partial charge is 0.464 e. The van der Waals surface area contributed by atoms with Gasteiger partial charge in [-0.3, -0.25) is 14.9 Å². The molecule has 1 aromatic heterocycles. The molecule has 0 aliphatic heterocycles. The number of benzene rings is 1. The van der Waals surface area contributed by atoms with Crippen molar-refractivity contribution in [2.45, 2.75) is 66.8 Å². The highest BCUT2D eigenvalue weighted by atomic mass is 127. The second-order valence-corrected chi connectivity index (χ2v) is 10.2. The van der Waals surface area contributed by atoms with Gasteiger partial charge in [0.05, 0.1) is 27.3 Å². The van der Waals surface area contributed by atoms with Crippen LogP contribution in [0.3, 0.4) is 0 Å². The summed E-state index contributed by atoms with van der Waals surface area (Å²) in [5.74, 6) is 0.450. The van der Waals surface area contributed by atoms with Gasteiger partial charge in [-0.1, -0.05) is 32.6 Å². The lowest BCUT2D eigenvalue weighted by Gasteiger charge is -2.20. The van der Waals surface area contributed by atoms with E-state index in [4.69, 9.17) is 9.72 Å². The third kappa shape index (κ3) is 7.59. The number of esters is 1. The Morgan fingerprint density at radius 2 is 2.00 bits per heavy atom. The number of halogens is 1. The Hall–Kier alpha value is -2.30. The van der Waals surface area contributed by atoms with Gasteiger partial charge in [0.2, 0.25) is 0 Å². The van der Waals surface area contributed by atoms with Crippen LogP contribution in [0.1, 0.15) is 52.9 Å². The molecule has 35 heavy (non-hydrogen) atoms. The Bertz CT molecular complexity index is 1140. The topological polar surface area (TPSA) is 93.5 Å². The number of hydrogen-bond acceptors (Lipinski definition) is 6. The van der Waals surface area contributed by atoms with Crippen LogP contribution in [0.5, 0.6) is 0 Å². The molecule has 0 radical (unpaired) electrons. The monoisotopic (exact) mass is 593 g/mol. The van der Waals surface area contributed by atoms with Crippen molar-refractivity contribution in [2.24, 2.45) is 5.92 Å². The van der Waals surface area contributed by atoms with E-state index < -0.39 is 18.1 Å². The lowest BCUT2D eigenvalue weighted by atomic mass is 10.1. The van der Waals surface area contributed by atoms with Crippen molar-refractivity contribution in [2.75, 3.05) is 6.61 Å². The minimum absolute atomic E-state index is 0.0861. The molecule has 0 unspecified atom stereocenters. The van der Waals surface area contributed by atoms with Crippen LogP contribution >= 0.6 is 22.6 Å². The molecule has 8 heteroatoms. The molecule has 2 rings (SSSR count). The molecule has 2 aromatic rings. The van der Waals surface area contributed by atoms with Crippen LogP contribution in [0.2, 0.25) is 0 Å². The van der Waals surface area contributed by atoms with Crippen molar-refractivity contribution in [1.82, 2.24) is 14.9 Å². The van der Waals surface area contributed by atoms with Crippen LogP contribution in [0, 0.1) is 5.92 Å². The third-order valence-corrected chi connectivity index (χ3v) is 5.99. The quantitative estimate of drug-likeness (QED) is 0.157. The van der Waals surface area contributed by atoms with Crippen LogP contribution in [0.25, 0.3) is 16.6 Å². The first-order chi connectivity index (χ1) is 16.5. The summed E-state index contributed by atoms with van der Waals surface area (Å²) in [4.78, 5) is 29.6. The smallest absolute Gasteiger partial charge is 0.325 e. The molecule has 2 atom stereocenters. The van der Waals surface area contributed by atoms with E-state index in [-0.39, 0.29) is 11.7 Å². The molecule has 0 fully saturated rings. The van der Waals surface area contributed by atoms with Crippen LogP contribution < -0.4 is 5.32 Å². The van der Waals surface area contributed by atoms with E-state index in [2.05, 4.69) is 23.4 Å². The number of Topliss-reactive ketones (excluding diaryl/α,β-unsaturated/α-hetero) is 1. The molecule has 0 saturated carbocycles. The Morgan fingerprint density at radius 1 is 1.31 bits per heavy atom. The zero-order valence-corrected chi connectivity index (χ0v) is 23.5. The number of fused-ring (bicyclic) bond motifs is 1. The van der Waals surface area contributed by atoms with Gasteiger partial charge in [0.15, 0.2) is 5.78 Å². The van der Waals surface area contributed by atoms with Gasteiger partial charge in [0, 0.05) is 18.7 Å². The lowest BCUT2D eigenvalue weighted by molar-refractivity contribution is -0.150. The van der Waals surface area contributed by atoms with Gasteiger partial charge in [-0.2, -0.15) is 0 Å². The molecule has 0 aliphatic carbocycles. The molecule has 2 N–H and O–H groups in total. The van der Waals surface area contributed by atoms with Gasteiger partial charge in [-0.05, 0) is 85.5 Å². The number of allylic oxidation sites excluding steroid dienone is 5. The molecule has 1 heterocycles. The maximum absolute atomic E-state index is 12.4. The second-order valence-electron chi connectivity index (χ2n) is 8.93. The van der Waals surface area contributed by atoms with E-state index in [0.29, 0.717) is 28.8 Å². The predicted molar refractivity (Wildman–Crippen MR) is 149 cm³/mol. The molecule has 7 nitrogen and oxygen atoms in total. The SMILES string of the molecule is C=C(I)C(=O)/C(C)=C\C(=C/C)c1nc2cc(CN[C@H](C(=O)OCC(C)C)[C@@H](C)O)ccc2n1CC. The lowest BCUT2D eigenvalue weighted by Crippen LogP contribution is -2.45. The van der Waals surface area contributed by atoms with Crippen molar-refractivity contribution in [1.29, 1.82) is 0 Å². The Balaban J connectivity index is 2.32. The summed E-state index contributed by atoms with van der Waals surface area (Å²) in [6.07, 6.45) is 2.90. The number of hydrogen-bond donors (Lipinski definition) is 2. The number of aromatic nitrogens is 2. The van der Waals surface area contributed by atoms with Crippen LogP contribution in [0.15, 0.2) is 46.1 Å². The zero-order valence-electron chi connectivity index (χ0n) is 21.4. The molecular formula is C27H36IN3O4. The summed E-state index contributed by atoms with van der Waals surface area (Å²) in [6, 6.07) is 5.13. The number of ketones is 1. The molecule has 0 saturated heterocycles. The first-order valence-corrected chi connectivity index (χ1v) is 12.9. The molecule has 1 aromatic carbocycles. The highest BCUT2D eigenvalue weighted by Crippen LogP contribution is 2.25. The summed E-state index contributed by atoms with van der Waals surface area (Å²) in [6.45, 7) is 16.4. The van der Waals surface area contributed by atoms with Crippen LogP contribution in [-0.4, -0.2) is 45.2 Å². The van der Waals surface area contributed by atoms with Gasteiger partial charge in [-0.15, -0.1) is 0 Å². The van der Waals surface area contributed by atoms with Gasteiger partial charge in [-0.25, -0.2) is 4.98 Å². The summed E-state index contributed by atoms with van der Waals surface area (Å²) in [5.41, 5.74) is 4.17. The Morgan fingerprint density at radius 3 is 2.54 bits per heavy atom. The first kappa shape index (κ1) is 28.9. The molecule has 0 aliphatic rings. The molecular weight excluding hydrogens is 557 g/mol. The van der Waals surface area contributed by atoms with E-state index in [9.17, 15) is 14.7 Å². The maximum atomic E-state index is 12.4. The fourth-order valence-corrected chi connectivity index (χ4v) is 4.06. The van der Waals surface area contributed by atoms with Crippen molar-refractivity contribution < 1.29 is 19.4 Å². The average Bonchev–Trinajstić information content (AvgIpc) is 3.17. The maximum Gasteiger partial charge on any atom is 0.325 e. The van der Waals surface area contributed by atoms with Crippen molar-refractivity contribution in [3.8, 4) is 0 Å². The van der Waals surface area contributed by atoms with Crippen LogP contribution in [0.4, 0.5) is 0 Å². The Kier molecular flexibility index (Phi) is 10.9. The minimum Gasteiger partial charge on any atom is -0.464 e. The van der Waals surface area contributed by atoms with Gasteiger partial charge >= 0.3 is 5.97 Å². The number of nitrogens with one attached hydrogen (secondary N) is 1. The van der Waals surface area contributed by atoms with E-state index in [1.54, 1.807) is 13.8 Å². The van der Waals surface area contributed by atoms with Gasteiger partial charge < -0.3 is 14.4 Å². The number of carbonyl (C=O) groups is 2. The number of nitrogens with zero attached hydrogens (tertiary/aromatic N) is 2. The van der Waals surface area contributed by atoms with Crippen molar-refractivity contribution >= 4 is 50.9 Å². The summed E-state index contributed by atoms with van der Waals surface area (Å²) < 4.78 is 7.88. The highest BCUT2D eigenvalue weighted by Gasteiger charge is 2.25. The van der Waals surface area contributed by atoms with Crippen molar-refractivity contribution in [3.63, 3.8) is 0 Å². The third-order valence-electron chi connectivity index (χ3n) is 5.50. The van der Waals surface area contributed by atoms with Gasteiger partial charge in [0.1, 0.15) is 11.9 Å². The van der Waals surface area contributed by atoms with E-state index in [1.165, 1.54) is 0 Å². The average molecular weight is 594 g/mol. The fraction of sp³-hybridized carbons (Fsp3) is 0.444. The number of imidazole rings is 1. The number of aliphatic hydroxyl groups is 1. The number of ether oxygens (including phenoxy) is 1. The second kappa shape index (κ2) is 13.1. The number of aryl methyl sites for hydroxylation is 1. The molecule has 0 spiro atoms. The number of carbonyl (C=O) groups excluding carboxylic acids is 2. The van der Waals surface area contributed by atoms with E-state index in [0.717, 1.165) is 28.0 Å².